The molecule has 7 heteroatoms. The van der Waals surface area contributed by atoms with Gasteiger partial charge in [-0.05, 0) is 66.2 Å². The van der Waals surface area contributed by atoms with Crippen molar-refractivity contribution in [3.8, 4) is 0 Å². The number of hydrogen-bond acceptors (Lipinski definition) is 4. The molecule has 0 saturated carbocycles. The summed E-state index contributed by atoms with van der Waals surface area (Å²) in [6.45, 7) is 4.51. The zero-order valence-corrected chi connectivity index (χ0v) is 15.2. The van der Waals surface area contributed by atoms with Gasteiger partial charge in [0.25, 0.3) is 10.0 Å². The Morgan fingerprint density at radius 1 is 1.24 bits per heavy atom. The number of anilines is 1. The highest BCUT2D eigenvalue weighted by atomic mass is 79.9. The number of rotatable bonds is 5. The molecule has 0 amide bonds. The van der Waals surface area contributed by atoms with E-state index >= 15 is 0 Å². The predicted octanol–water partition coefficient (Wildman–Crippen LogP) is 3.65. The van der Waals surface area contributed by atoms with E-state index in [1.165, 1.54) is 11.3 Å². The van der Waals surface area contributed by atoms with Crippen molar-refractivity contribution in [3.63, 3.8) is 0 Å². The van der Waals surface area contributed by atoms with Crippen LogP contribution in [0.1, 0.15) is 16.0 Å². The lowest BCUT2D eigenvalue weighted by Gasteiger charge is -2.09. The van der Waals surface area contributed by atoms with E-state index in [-0.39, 0.29) is 0 Å². The number of hydrogen-bond donors (Lipinski definition) is 2. The molecule has 0 aliphatic carbocycles. The van der Waals surface area contributed by atoms with Gasteiger partial charge in [0, 0.05) is 15.9 Å². The topological polar surface area (TPSA) is 58.2 Å². The van der Waals surface area contributed by atoms with Gasteiger partial charge in [0.1, 0.15) is 4.21 Å². The van der Waals surface area contributed by atoms with Crippen molar-refractivity contribution in [2.75, 3.05) is 11.8 Å². The van der Waals surface area contributed by atoms with Gasteiger partial charge in [-0.1, -0.05) is 6.07 Å². The Morgan fingerprint density at radius 3 is 2.62 bits per heavy atom. The third-order valence-electron chi connectivity index (χ3n) is 2.97. The molecule has 114 valence electrons. The first-order valence-electron chi connectivity index (χ1n) is 6.36. The van der Waals surface area contributed by atoms with Gasteiger partial charge in [-0.3, -0.25) is 4.72 Å². The molecule has 2 aromatic rings. The van der Waals surface area contributed by atoms with Gasteiger partial charge in [0.15, 0.2) is 0 Å². The largest absolute Gasteiger partial charge is 0.315 e. The van der Waals surface area contributed by atoms with Crippen molar-refractivity contribution < 1.29 is 8.42 Å². The van der Waals surface area contributed by atoms with Crippen molar-refractivity contribution >= 4 is 43.0 Å². The molecule has 0 atom stereocenters. The molecule has 1 aromatic heterocycles. The maximum atomic E-state index is 12.5. The molecule has 2 N–H and O–H groups in total. The minimum Gasteiger partial charge on any atom is -0.315 e. The normalized spacial score (nSPS) is 11.6. The van der Waals surface area contributed by atoms with Crippen molar-refractivity contribution in [1.82, 2.24) is 5.32 Å². The second-order valence-electron chi connectivity index (χ2n) is 4.79. The summed E-state index contributed by atoms with van der Waals surface area (Å²) in [5.41, 5.74) is 2.53. The predicted molar refractivity (Wildman–Crippen MR) is 91.5 cm³/mol. The summed E-state index contributed by atoms with van der Waals surface area (Å²) in [7, 11) is -1.72. The van der Waals surface area contributed by atoms with E-state index < -0.39 is 10.0 Å². The van der Waals surface area contributed by atoms with E-state index in [0.29, 0.717) is 16.4 Å². The molecule has 4 nitrogen and oxygen atoms in total. The molecule has 2 rings (SSSR count). The minimum absolute atomic E-state index is 0.332. The van der Waals surface area contributed by atoms with Crippen molar-refractivity contribution in [2.24, 2.45) is 0 Å². The lowest BCUT2D eigenvalue weighted by Crippen LogP contribution is -2.12. The Balaban J connectivity index is 2.34. The third-order valence-corrected chi connectivity index (χ3v) is 6.73. The van der Waals surface area contributed by atoms with E-state index in [1.54, 1.807) is 12.1 Å². The number of sulfonamides is 1. The Morgan fingerprint density at radius 2 is 1.95 bits per heavy atom. The maximum Gasteiger partial charge on any atom is 0.271 e. The van der Waals surface area contributed by atoms with Crippen LogP contribution in [-0.4, -0.2) is 15.5 Å². The molecule has 1 aromatic carbocycles. The van der Waals surface area contributed by atoms with Gasteiger partial charge < -0.3 is 5.32 Å². The number of thiophene rings is 1. The highest BCUT2D eigenvalue weighted by molar-refractivity contribution is 9.10. The Bertz CT molecular complexity index is 754. The average molecular weight is 389 g/mol. The van der Waals surface area contributed by atoms with Gasteiger partial charge in [-0.15, -0.1) is 11.3 Å². The molecule has 0 radical (unpaired) electrons. The fourth-order valence-corrected chi connectivity index (χ4v) is 5.02. The van der Waals surface area contributed by atoms with Crippen LogP contribution >= 0.6 is 27.3 Å². The molecule has 0 saturated heterocycles. The Hall–Kier alpha value is -0.890. The van der Waals surface area contributed by atoms with E-state index in [4.69, 9.17) is 0 Å². The number of nitrogens with one attached hydrogen (secondary N) is 2. The fourth-order valence-electron chi connectivity index (χ4n) is 1.87. The van der Waals surface area contributed by atoms with Gasteiger partial charge in [-0.25, -0.2) is 8.42 Å². The van der Waals surface area contributed by atoms with E-state index in [9.17, 15) is 8.42 Å². The van der Waals surface area contributed by atoms with E-state index in [1.807, 2.05) is 33.0 Å². The standard InChI is InChI=1S/C14H17BrN2O2S2/c1-9-4-5-11(15)12(6-9)17-21(18,19)14-7-10(2)13(20-14)8-16-3/h4-7,16-17H,8H2,1-3H3. The first kappa shape index (κ1) is 16.5. The van der Waals surface area contributed by atoms with E-state index in [2.05, 4.69) is 26.0 Å². The monoisotopic (exact) mass is 388 g/mol. The van der Waals surface area contributed by atoms with Gasteiger partial charge in [0.05, 0.1) is 5.69 Å². The van der Waals surface area contributed by atoms with Crippen LogP contribution in [0.5, 0.6) is 0 Å². The summed E-state index contributed by atoms with van der Waals surface area (Å²) < 4.78 is 28.7. The fraction of sp³-hybridized carbons (Fsp3) is 0.286. The second-order valence-corrected chi connectivity index (χ2v) is 8.69. The number of benzene rings is 1. The van der Waals surface area contributed by atoms with Crippen molar-refractivity contribution in [1.29, 1.82) is 0 Å². The molecule has 0 fully saturated rings. The molecule has 1 heterocycles. The number of aryl methyl sites for hydroxylation is 2. The summed E-state index contributed by atoms with van der Waals surface area (Å²) in [4.78, 5) is 1.03. The van der Waals surface area contributed by atoms with Crippen LogP contribution in [0.4, 0.5) is 5.69 Å². The Kier molecular flexibility index (Phi) is 5.08. The van der Waals surface area contributed by atoms with Crippen LogP contribution in [0.25, 0.3) is 0 Å². The van der Waals surface area contributed by atoms with Crippen LogP contribution in [-0.2, 0) is 16.6 Å². The van der Waals surface area contributed by atoms with Crippen LogP contribution < -0.4 is 10.0 Å². The van der Waals surface area contributed by atoms with Crippen molar-refractivity contribution in [2.45, 2.75) is 24.6 Å². The molecule has 0 aliphatic rings. The average Bonchev–Trinajstić information content (AvgIpc) is 2.77. The molecular weight excluding hydrogens is 372 g/mol. The van der Waals surface area contributed by atoms with Crippen molar-refractivity contribution in [3.05, 3.63) is 44.7 Å². The summed E-state index contributed by atoms with van der Waals surface area (Å²) in [6.07, 6.45) is 0. The minimum atomic E-state index is -3.56. The van der Waals surface area contributed by atoms with Crippen LogP contribution in [0.3, 0.4) is 0 Å². The lowest BCUT2D eigenvalue weighted by molar-refractivity contribution is 0.603. The highest BCUT2D eigenvalue weighted by Crippen LogP contribution is 2.30. The first-order valence-corrected chi connectivity index (χ1v) is 9.45. The quantitative estimate of drug-likeness (QED) is 0.821. The maximum absolute atomic E-state index is 12.5. The van der Waals surface area contributed by atoms with E-state index in [0.717, 1.165) is 20.5 Å². The van der Waals surface area contributed by atoms with Gasteiger partial charge in [-0.2, -0.15) is 0 Å². The SMILES string of the molecule is CNCc1sc(S(=O)(=O)Nc2cc(C)ccc2Br)cc1C. The summed E-state index contributed by atoms with van der Waals surface area (Å²) in [6, 6.07) is 7.27. The van der Waals surface area contributed by atoms with Crippen LogP contribution in [0, 0.1) is 13.8 Å². The smallest absolute Gasteiger partial charge is 0.271 e. The lowest BCUT2D eigenvalue weighted by atomic mass is 10.2. The molecule has 0 bridgehead atoms. The molecule has 0 aliphatic heterocycles. The summed E-state index contributed by atoms with van der Waals surface area (Å²) in [5, 5.41) is 3.04. The van der Waals surface area contributed by atoms with Gasteiger partial charge in [0.2, 0.25) is 0 Å². The zero-order valence-electron chi connectivity index (χ0n) is 12.0. The first-order chi connectivity index (χ1) is 9.83. The van der Waals surface area contributed by atoms with Crippen LogP contribution in [0.15, 0.2) is 32.9 Å². The third kappa shape index (κ3) is 3.85. The summed E-state index contributed by atoms with van der Waals surface area (Å²) in [5.74, 6) is 0. The molecule has 0 unspecified atom stereocenters. The second kappa shape index (κ2) is 6.48. The van der Waals surface area contributed by atoms with Crippen LogP contribution in [0.2, 0.25) is 0 Å². The van der Waals surface area contributed by atoms with Gasteiger partial charge >= 0.3 is 0 Å². The highest BCUT2D eigenvalue weighted by Gasteiger charge is 2.20. The number of halogens is 1. The molecular formula is C14H17BrN2O2S2. The summed E-state index contributed by atoms with van der Waals surface area (Å²) >= 11 is 4.66. The molecule has 21 heavy (non-hydrogen) atoms. The Labute approximate surface area is 137 Å². The zero-order chi connectivity index (χ0) is 15.6. The molecule has 0 spiro atoms.